The smallest absolute Gasteiger partial charge is 0.387 e. The van der Waals surface area contributed by atoms with Crippen molar-refractivity contribution in [2.45, 2.75) is 83.7 Å². The summed E-state index contributed by atoms with van der Waals surface area (Å²) in [5.41, 5.74) is -0.836. The first-order chi connectivity index (χ1) is 17.5. The van der Waals surface area contributed by atoms with E-state index in [1.165, 1.54) is 16.9 Å². The Labute approximate surface area is 226 Å². The van der Waals surface area contributed by atoms with E-state index in [2.05, 4.69) is 15.3 Å². The number of hydrogen-bond acceptors (Lipinski definition) is 7. The van der Waals surface area contributed by atoms with E-state index in [4.69, 9.17) is 16.3 Å². The van der Waals surface area contributed by atoms with Crippen molar-refractivity contribution in [2.24, 2.45) is 5.41 Å². The number of imidazole rings is 1. The lowest BCUT2D eigenvalue weighted by molar-refractivity contribution is -0.0501. The van der Waals surface area contributed by atoms with Crippen molar-refractivity contribution in [1.29, 1.82) is 0 Å². The minimum absolute atomic E-state index is 0.0194. The number of nitrogens with one attached hydrogen (secondary N) is 1. The number of alkyl halides is 2. The number of pyridine rings is 1. The first-order valence-corrected chi connectivity index (χ1v) is 14.8. The number of aryl methyl sites for hydroxylation is 1. The normalized spacial score (nSPS) is 20.5. The van der Waals surface area contributed by atoms with Crippen molar-refractivity contribution in [3.63, 3.8) is 0 Å². The van der Waals surface area contributed by atoms with Crippen LogP contribution in [0.2, 0.25) is 5.15 Å². The summed E-state index contributed by atoms with van der Waals surface area (Å²) in [6.45, 7) is 4.57. The Morgan fingerprint density at radius 1 is 1.34 bits per heavy atom. The van der Waals surface area contributed by atoms with Crippen molar-refractivity contribution in [1.82, 2.24) is 19.9 Å². The number of hydrogen-bond donors (Lipinski definition) is 2. The van der Waals surface area contributed by atoms with Gasteiger partial charge in [-0.15, -0.1) is 0 Å². The molecule has 2 aromatic rings. The molecule has 0 unspecified atom stereocenters. The summed E-state index contributed by atoms with van der Waals surface area (Å²) in [7, 11) is -3.20. The molecule has 0 aliphatic heterocycles. The minimum Gasteiger partial charge on any atom is -0.431 e. The lowest BCUT2D eigenvalue weighted by atomic mass is 9.84. The first-order valence-electron chi connectivity index (χ1n) is 12.4. The Morgan fingerprint density at radius 2 is 1.97 bits per heavy atom. The van der Waals surface area contributed by atoms with Gasteiger partial charge < -0.3 is 15.2 Å². The Hall–Kier alpha value is -2.31. The SMILES string of the molecule is CCc1nc(C(=O)NCC2(O)CCC(S(C)(=O)=O)CC2)c(Cl)n1-c1ncc(CC(C)(C)C)cc1OC(F)F. The largest absolute Gasteiger partial charge is 0.431 e. The standard InChI is InChI=1S/C25H35ClF2N4O5S/c1-6-18-31-19(22(33)30-14-25(34)9-7-16(8-10-25)38(5,35)36)20(26)32(18)21-17(37-23(27)28)11-15(13-29-21)12-24(2,3)4/h11,13,16,23,34H,6-10,12,14H2,1-5H3,(H,30,33). The van der Waals surface area contributed by atoms with E-state index in [-0.39, 0.29) is 47.2 Å². The molecule has 1 saturated carbocycles. The number of carbonyl (C=O) groups is 1. The third-order valence-electron chi connectivity index (χ3n) is 6.52. The highest BCUT2D eigenvalue weighted by molar-refractivity contribution is 7.91. The summed E-state index contributed by atoms with van der Waals surface area (Å²) >= 11 is 6.55. The molecule has 1 aliphatic carbocycles. The highest BCUT2D eigenvalue weighted by Gasteiger charge is 2.37. The minimum atomic E-state index is -3.20. The molecule has 0 atom stereocenters. The Kier molecular flexibility index (Phi) is 9.09. The maximum absolute atomic E-state index is 13.3. The van der Waals surface area contributed by atoms with Gasteiger partial charge in [-0.05, 0) is 49.1 Å². The van der Waals surface area contributed by atoms with Gasteiger partial charge in [0.05, 0.1) is 10.9 Å². The molecule has 2 N–H and O–H groups in total. The van der Waals surface area contributed by atoms with Gasteiger partial charge in [0, 0.05) is 25.4 Å². The molecule has 0 bridgehead atoms. The van der Waals surface area contributed by atoms with Gasteiger partial charge in [-0.2, -0.15) is 8.78 Å². The number of amides is 1. The fraction of sp³-hybridized carbons (Fsp3) is 0.640. The average Bonchev–Trinajstić information content (AvgIpc) is 3.12. The predicted octanol–water partition coefficient (Wildman–Crippen LogP) is 4.12. The van der Waals surface area contributed by atoms with E-state index in [0.29, 0.717) is 37.1 Å². The van der Waals surface area contributed by atoms with Gasteiger partial charge in [0.1, 0.15) is 20.8 Å². The maximum Gasteiger partial charge on any atom is 0.387 e. The average molecular weight is 577 g/mol. The van der Waals surface area contributed by atoms with Gasteiger partial charge in [0.2, 0.25) is 0 Å². The lowest BCUT2D eigenvalue weighted by Crippen LogP contribution is -2.47. The monoisotopic (exact) mass is 576 g/mol. The summed E-state index contributed by atoms with van der Waals surface area (Å²) in [6, 6.07) is 1.48. The summed E-state index contributed by atoms with van der Waals surface area (Å²) < 4.78 is 56.2. The van der Waals surface area contributed by atoms with Crippen molar-refractivity contribution in [3.8, 4) is 11.6 Å². The molecule has 38 heavy (non-hydrogen) atoms. The van der Waals surface area contributed by atoms with E-state index >= 15 is 0 Å². The van der Waals surface area contributed by atoms with Gasteiger partial charge in [0.15, 0.2) is 17.3 Å². The zero-order valence-electron chi connectivity index (χ0n) is 22.2. The van der Waals surface area contributed by atoms with Crippen molar-refractivity contribution >= 4 is 27.3 Å². The van der Waals surface area contributed by atoms with Crippen LogP contribution in [0.25, 0.3) is 5.82 Å². The van der Waals surface area contributed by atoms with Crippen LogP contribution in [-0.2, 0) is 22.7 Å². The molecular formula is C25H35ClF2N4O5S. The number of rotatable bonds is 9. The molecule has 2 aromatic heterocycles. The first kappa shape index (κ1) is 30.2. The maximum atomic E-state index is 13.3. The van der Waals surface area contributed by atoms with E-state index in [1.54, 1.807) is 13.1 Å². The Bertz CT molecular complexity index is 1270. The van der Waals surface area contributed by atoms with Crippen LogP contribution < -0.4 is 10.1 Å². The molecule has 0 aromatic carbocycles. The molecule has 1 fully saturated rings. The second kappa shape index (κ2) is 11.4. The number of halogens is 3. The second-order valence-corrected chi connectivity index (χ2v) is 13.8. The molecule has 1 amide bonds. The Balaban J connectivity index is 1.86. The van der Waals surface area contributed by atoms with E-state index in [0.717, 1.165) is 0 Å². The van der Waals surface area contributed by atoms with Gasteiger partial charge >= 0.3 is 6.61 Å². The van der Waals surface area contributed by atoms with Crippen molar-refractivity contribution in [3.05, 3.63) is 34.5 Å². The third kappa shape index (κ3) is 7.41. The van der Waals surface area contributed by atoms with Crippen LogP contribution in [0.3, 0.4) is 0 Å². The van der Waals surface area contributed by atoms with Crippen LogP contribution in [0.5, 0.6) is 5.75 Å². The second-order valence-electron chi connectivity index (χ2n) is 11.1. The van der Waals surface area contributed by atoms with Gasteiger partial charge in [0.25, 0.3) is 5.91 Å². The number of aliphatic hydroxyl groups is 1. The van der Waals surface area contributed by atoms with E-state index < -0.39 is 33.2 Å². The topological polar surface area (TPSA) is 123 Å². The van der Waals surface area contributed by atoms with Gasteiger partial charge in [-0.25, -0.2) is 18.4 Å². The van der Waals surface area contributed by atoms with E-state index in [1.807, 2.05) is 20.8 Å². The van der Waals surface area contributed by atoms with Crippen LogP contribution in [0, 0.1) is 5.41 Å². The zero-order valence-corrected chi connectivity index (χ0v) is 23.8. The summed E-state index contributed by atoms with van der Waals surface area (Å²) in [5.74, 6) is -0.570. The molecule has 0 radical (unpaired) electrons. The molecular weight excluding hydrogens is 542 g/mol. The van der Waals surface area contributed by atoms with Crippen LogP contribution >= 0.6 is 11.6 Å². The number of ether oxygens (including phenoxy) is 1. The molecule has 1 aliphatic rings. The molecule has 212 valence electrons. The summed E-state index contributed by atoms with van der Waals surface area (Å²) in [5, 5.41) is 12.8. The number of sulfone groups is 1. The quantitative estimate of drug-likeness (QED) is 0.460. The molecule has 2 heterocycles. The van der Waals surface area contributed by atoms with Gasteiger partial charge in [-0.1, -0.05) is 39.3 Å². The van der Waals surface area contributed by atoms with Crippen LogP contribution in [0.4, 0.5) is 8.78 Å². The summed E-state index contributed by atoms with van der Waals surface area (Å²) in [4.78, 5) is 21.7. The third-order valence-corrected chi connectivity index (χ3v) is 8.55. The number of aromatic nitrogens is 3. The lowest BCUT2D eigenvalue weighted by Gasteiger charge is -2.35. The fourth-order valence-electron chi connectivity index (χ4n) is 4.64. The molecule has 3 rings (SSSR count). The van der Waals surface area contributed by atoms with Crippen molar-refractivity contribution in [2.75, 3.05) is 12.8 Å². The van der Waals surface area contributed by atoms with Crippen LogP contribution in [-0.4, -0.2) is 64.2 Å². The molecule has 0 saturated heterocycles. The van der Waals surface area contributed by atoms with Gasteiger partial charge in [-0.3, -0.25) is 9.36 Å². The number of carbonyl (C=O) groups excluding carboxylic acids is 1. The predicted molar refractivity (Wildman–Crippen MR) is 140 cm³/mol. The van der Waals surface area contributed by atoms with Crippen LogP contribution in [0.1, 0.15) is 75.3 Å². The highest BCUT2D eigenvalue weighted by Crippen LogP contribution is 2.33. The summed E-state index contributed by atoms with van der Waals surface area (Å²) in [6.07, 6.45) is 4.63. The van der Waals surface area contributed by atoms with Crippen molar-refractivity contribution < 1.29 is 31.8 Å². The Morgan fingerprint density at radius 3 is 2.50 bits per heavy atom. The zero-order chi connectivity index (χ0) is 28.5. The molecule has 13 heteroatoms. The van der Waals surface area contributed by atoms with Crippen LogP contribution in [0.15, 0.2) is 12.3 Å². The fourth-order valence-corrected chi connectivity index (χ4v) is 6.04. The number of nitrogens with zero attached hydrogens (tertiary/aromatic N) is 3. The molecule has 9 nitrogen and oxygen atoms in total. The van der Waals surface area contributed by atoms with E-state index in [9.17, 15) is 27.1 Å². The highest BCUT2D eigenvalue weighted by atomic mass is 35.5. The molecule has 0 spiro atoms.